The molecular weight excluding hydrogens is 340 g/mol. The number of aromatic nitrogens is 5. The topological polar surface area (TPSA) is 68.4 Å². The molecule has 0 bridgehead atoms. The lowest BCUT2D eigenvalue weighted by molar-refractivity contribution is 0.213. The number of aryl methyl sites for hydroxylation is 1. The summed E-state index contributed by atoms with van der Waals surface area (Å²) in [6, 6.07) is 5.98. The minimum absolute atomic E-state index is 0.548. The van der Waals surface area contributed by atoms with Crippen LogP contribution in [-0.4, -0.2) is 44.3 Å². The molecule has 4 heterocycles. The lowest BCUT2D eigenvalue weighted by atomic mass is 9.98. The summed E-state index contributed by atoms with van der Waals surface area (Å²) in [7, 11) is 0. The van der Waals surface area contributed by atoms with Gasteiger partial charge in [-0.05, 0) is 44.6 Å². The number of hydrogen-bond acceptors (Lipinski definition) is 6. The number of imidazole rings is 1. The van der Waals surface area contributed by atoms with Crippen molar-refractivity contribution in [1.82, 2.24) is 24.6 Å². The van der Waals surface area contributed by atoms with Crippen LogP contribution in [0.15, 0.2) is 30.7 Å². The van der Waals surface area contributed by atoms with Crippen LogP contribution in [0.4, 0.5) is 5.82 Å². The first-order valence-corrected chi connectivity index (χ1v) is 9.77. The summed E-state index contributed by atoms with van der Waals surface area (Å²) >= 11 is 0. The maximum absolute atomic E-state index is 6.00. The van der Waals surface area contributed by atoms with Crippen LogP contribution in [0.25, 0.3) is 5.65 Å². The van der Waals surface area contributed by atoms with E-state index in [0.717, 1.165) is 48.8 Å². The molecule has 5 rings (SSSR count). The highest BCUT2D eigenvalue weighted by molar-refractivity contribution is 5.41. The van der Waals surface area contributed by atoms with Crippen molar-refractivity contribution in [3.05, 3.63) is 42.1 Å². The Hall–Kier alpha value is -2.70. The molecule has 3 aromatic rings. The summed E-state index contributed by atoms with van der Waals surface area (Å²) in [5, 5.41) is 4.57. The zero-order valence-corrected chi connectivity index (χ0v) is 15.6. The van der Waals surface area contributed by atoms with Gasteiger partial charge < -0.3 is 9.64 Å². The minimum Gasteiger partial charge on any atom is -0.476 e. The van der Waals surface area contributed by atoms with Gasteiger partial charge in [0, 0.05) is 36.8 Å². The molecule has 2 fully saturated rings. The Balaban J connectivity index is 1.17. The third-order valence-corrected chi connectivity index (χ3v) is 5.50. The van der Waals surface area contributed by atoms with Gasteiger partial charge in [0.15, 0.2) is 5.65 Å². The highest BCUT2D eigenvalue weighted by Gasteiger charge is 2.26. The fourth-order valence-corrected chi connectivity index (χ4v) is 3.68. The Labute approximate surface area is 158 Å². The Morgan fingerprint density at radius 2 is 1.96 bits per heavy atom. The van der Waals surface area contributed by atoms with Crippen LogP contribution < -0.4 is 9.64 Å². The molecule has 0 N–H and O–H groups in total. The SMILES string of the molecule is Cc1cc(N2CCC(COc3ccc4nc(C5CC5)cn4n3)CC2)ncn1. The molecule has 0 radical (unpaired) electrons. The van der Waals surface area contributed by atoms with Crippen molar-refractivity contribution in [3.8, 4) is 5.88 Å². The molecule has 0 spiro atoms. The summed E-state index contributed by atoms with van der Waals surface area (Å²) in [6.07, 6.45) is 8.39. The second-order valence-corrected chi connectivity index (χ2v) is 7.67. The Morgan fingerprint density at radius 1 is 1.11 bits per heavy atom. The number of fused-ring (bicyclic) bond motifs is 1. The van der Waals surface area contributed by atoms with Crippen molar-refractivity contribution in [2.75, 3.05) is 24.6 Å². The smallest absolute Gasteiger partial charge is 0.231 e. The van der Waals surface area contributed by atoms with Gasteiger partial charge in [0.05, 0.1) is 18.5 Å². The second-order valence-electron chi connectivity index (χ2n) is 7.67. The van der Waals surface area contributed by atoms with E-state index in [2.05, 4.69) is 31.0 Å². The van der Waals surface area contributed by atoms with Crippen LogP contribution in [0, 0.1) is 12.8 Å². The predicted molar refractivity (Wildman–Crippen MR) is 102 cm³/mol. The first kappa shape index (κ1) is 16.5. The van der Waals surface area contributed by atoms with Crippen LogP contribution in [0.1, 0.15) is 43.0 Å². The van der Waals surface area contributed by atoms with Crippen LogP contribution in [0.2, 0.25) is 0 Å². The second kappa shape index (κ2) is 6.79. The first-order valence-electron chi connectivity index (χ1n) is 9.77. The fraction of sp³-hybridized carbons (Fsp3) is 0.500. The highest BCUT2D eigenvalue weighted by Crippen LogP contribution is 2.39. The molecular formula is C20H24N6O. The van der Waals surface area contributed by atoms with E-state index in [0.29, 0.717) is 24.3 Å². The lowest BCUT2D eigenvalue weighted by Crippen LogP contribution is -2.36. The van der Waals surface area contributed by atoms with E-state index in [4.69, 9.17) is 4.74 Å². The highest BCUT2D eigenvalue weighted by atomic mass is 16.5. The van der Waals surface area contributed by atoms with Crippen LogP contribution in [0.5, 0.6) is 5.88 Å². The van der Waals surface area contributed by atoms with Gasteiger partial charge in [-0.25, -0.2) is 19.5 Å². The van der Waals surface area contributed by atoms with E-state index in [1.165, 1.54) is 12.8 Å². The fourth-order valence-electron chi connectivity index (χ4n) is 3.68. The third-order valence-electron chi connectivity index (χ3n) is 5.50. The normalized spacial score (nSPS) is 18.2. The maximum Gasteiger partial charge on any atom is 0.231 e. The van der Waals surface area contributed by atoms with E-state index < -0.39 is 0 Å². The number of hydrogen-bond donors (Lipinski definition) is 0. The summed E-state index contributed by atoms with van der Waals surface area (Å²) in [6.45, 7) is 4.72. The van der Waals surface area contributed by atoms with E-state index in [1.807, 2.05) is 29.8 Å². The van der Waals surface area contributed by atoms with Crippen molar-refractivity contribution < 1.29 is 4.74 Å². The molecule has 27 heavy (non-hydrogen) atoms. The van der Waals surface area contributed by atoms with Crippen LogP contribution in [0.3, 0.4) is 0 Å². The molecule has 0 amide bonds. The average molecular weight is 364 g/mol. The van der Waals surface area contributed by atoms with E-state index >= 15 is 0 Å². The number of piperidine rings is 1. The van der Waals surface area contributed by atoms with Gasteiger partial charge >= 0.3 is 0 Å². The number of ether oxygens (including phenoxy) is 1. The van der Waals surface area contributed by atoms with Crippen LogP contribution >= 0.6 is 0 Å². The number of nitrogens with zero attached hydrogens (tertiary/aromatic N) is 6. The molecule has 2 aliphatic rings. The zero-order chi connectivity index (χ0) is 18.2. The van der Waals surface area contributed by atoms with Crippen molar-refractivity contribution in [2.45, 2.75) is 38.5 Å². The van der Waals surface area contributed by atoms with Crippen LogP contribution in [-0.2, 0) is 0 Å². The van der Waals surface area contributed by atoms with Gasteiger partial charge in [-0.3, -0.25) is 0 Å². The Morgan fingerprint density at radius 3 is 2.74 bits per heavy atom. The number of anilines is 1. The van der Waals surface area contributed by atoms with Crippen molar-refractivity contribution in [1.29, 1.82) is 0 Å². The van der Waals surface area contributed by atoms with Gasteiger partial charge in [0.2, 0.25) is 5.88 Å². The summed E-state index contributed by atoms with van der Waals surface area (Å²) in [5.74, 6) is 2.89. The largest absolute Gasteiger partial charge is 0.476 e. The zero-order valence-electron chi connectivity index (χ0n) is 15.6. The third kappa shape index (κ3) is 3.59. The summed E-state index contributed by atoms with van der Waals surface area (Å²) in [4.78, 5) is 15.5. The first-order chi connectivity index (χ1) is 13.2. The standard InChI is InChI=1S/C20H24N6O/c1-14-10-19(22-13-21-14)25-8-6-15(7-9-25)12-27-20-5-4-18-23-17(16-2-3-16)11-26(18)24-20/h4-5,10-11,13,15-16H,2-3,6-9,12H2,1H3. The monoisotopic (exact) mass is 364 g/mol. The van der Waals surface area contributed by atoms with E-state index in [1.54, 1.807) is 6.33 Å². The Bertz CT molecular complexity index is 943. The molecule has 0 aromatic carbocycles. The molecule has 7 nitrogen and oxygen atoms in total. The quantitative estimate of drug-likeness (QED) is 0.693. The molecule has 0 unspecified atom stereocenters. The van der Waals surface area contributed by atoms with Gasteiger partial charge in [-0.1, -0.05) is 0 Å². The average Bonchev–Trinajstić information content (AvgIpc) is 3.46. The molecule has 1 saturated heterocycles. The molecule has 1 aliphatic carbocycles. The molecule has 140 valence electrons. The lowest BCUT2D eigenvalue weighted by Gasteiger charge is -2.32. The predicted octanol–water partition coefficient (Wildman–Crippen LogP) is 3.00. The minimum atomic E-state index is 0.548. The summed E-state index contributed by atoms with van der Waals surface area (Å²) < 4.78 is 7.85. The number of rotatable bonds is 5. The molecule has 3 aromatic heterocycles. The van der Waals surface area contributed by atoms with Gasteiger partial charge in [-0.2, -0.15) is 0 Å². The van der Waals surface area contributed by atoms with Crippen molar-refractivity contribution >= 4 is 11.5 Å². The molecule has 0 atom stereocenters. The maximum atomic E-state index is 6.00. The van der Waals surface area contributed by atoms with Gasteiger partial charge in [0.1, 0.15) is 12.1 Å². The van der Waals surface area contributed by atoms with E-state index in [-0.39, 0.29) is 0 Å². The van der Waals surface area contributed by atoms with Crippen molar-refractivity contribution in [3.63, 3.8) is 0 Å². The molecule has 7 heteroatoms. The molecule has 1 aliphatic heterocycles. The van der Waals surface area contributed by atoms with E-state index in [9.17, 15) is 0 Å². The molecule has 1 saturated carbocycles. The van der Waals surface area contributed by atoms with Gasteiger partial charge in [0.25, 0.3) is 0 Å². The van der Waals surface area contributed by atoms with Crippen molar-refractivity contribution in [2.24, 2.45) is 5.92 Å². The van der Waals surface area contributed by atoms with Gasteiger partial charge in [-0.15, -0.1) is 5.10 Å². The summed E-state index contributed by atoms with van der Waals surface area (Å²) in [5.41, 5.74) is 3.07. The Kier molecular flexibility index (Phi) is 4.14.